The fourth-order valence-corrected chi connectivity index (χ4v) is 9.11. The number of fused-ring (bicyclic) bond motifs is 6. The van der Waals surface area contributed by atoms with Crippen LogP contribution in [-0.4, -0.2) is 17.3 Å². The summed E-state index contributed by atoms with van der Waals surface area (Å²) in [6.45, 7) is 0.425. The lowest BCUT2D eigenvalue weighted by Gasteiger charge is -2.40. The number of ether oxygens (including phenoxy) is 2. The third kappa shape index (κ3) is 3.47. The Labute approximate surface area is 200 Å². The maximum absolute atomic E-state index is 12.2. The average Bonchev–Trinajstić information content (AvgIpc) is 3.50. The Hall–Kier alpha value is -1.89. The van der Waals surface area contributed by atoms with Crippen LogP contribution in [-0.2, 0) is 6.61 Å². The molecule has 0 radical (unpaired) electrons. The molecule has 1 N–H and O–H groups in total. The SMILES string of the molecule is COc1cc([C@@H]2c3sc(=O)[nH]c3S[C@H]3[C@H]4CC[C@@H](C4)[C@@H]23)ccc1OCc1cccc(Cl)c1. The summed E-state index contributed by atoms with van der Waals surface area (Å²) >= 11 is 9.40. The van der Waals surface area contributed by atoms with Gasteiger partial charge in [0, 0.05) is 21.1 Å². The fraction of sp³-hybridized carbons (Fsp3) is 0.400. The largest absolute Gasteiger partial charge is 0.493 e. The van der Waals surface area contributed by atoms with Crippen molar-refractivity contribution in [2.45, 2.75) is 42.1 Å². The van der Waals surface area contributed by atoms with Gasteiger partial charge in [-0.2, -0.15) is 0 Å². The molecule has 2 heterocycles. The van der Waals surface area contributed by atoms with Crippen LogP contribution in [0.2, 0.25) is 5.02 Å². The molecule has 6 rings (SSSR count). The Kier molecular flexibility index (Phi) is 5.27. The van der Waals surface area contributed by atoms with E-state index >= 15 is 0 Å². The zero-order valence-electron chi connectivity index (χ0n) is 17.7. The van der Waals surface area contributed by atoms with E-state index in [1.165, 1.54) is 41.0 Å². The van der Waals surface area contributed by atoms with Crippen molar-refractivity contribution in [1.29, 1.82) is 0 Å². The third-order valence-electron chi connectivity index (χ3n) is 7.30. The average molecular weight is 486 g/mol. The van der Waals surface area contributed by atoms with Crippen molar-refractivity contribution in [2.24, 2.45) is 17.8 Å². The van der Waals surface area contributed by atoms with Gasteiger partial charge in [-0.25, -0.2) is 0 Å². The second-order valence-electron chi connectivity index (χ2n) is 9.01. The van der Waals surface area contributed by atoms with E-state index in [-0.39, 0.29) is 10.8 Å². The van der Waals surface area contributed by atoms with Gasteiger partial charge >= 0.3 is 4.87 Å². The highest BCUT2D eigenvalue weighted by Crippen LogP contribution is 2.63. The summed E-state index contributed by atoms with van der Waals surface area (Å²) in [7, 11) is 1.68. The Morgan fingerprint density at radius 1 is 1.12 bits per heavy atom. The quantitative estimate of drug-likeness (QED) is 0.458. The molecule has 0 saturated heterocycles. The number of nitrogens with one attached hydrogen (secondary N) is 1. The van der Waals surface area contributed by atoms with E-state index in [9.17, 15) is 4.79 Å². The first-order chi connectivity index (χ1) is 15.6. The van der Waals surface area contributed by atoms with E-state index in [2.05, 4.69) is 17.1 Å². The molecule has 0 spiro atoms. The number of rotatable bonds is 5. The van der Waals surface area contributed by atoms with Gasteiger partial charge in [0.15, 0.2) is 11.5 Å². The highest BCUT2D eigenvalue weighted by molar-refractivity contribution is 8.00. The van der Waals surface area contributed by atoms with E-state index in [0.29, 0.717) is 28.5 Å². The summed E-state index contributed by atoms with van der Waals surface area (Å²) in [5.74, 6) is 3.79. The van der Waals surface area contributed by atoms with Gasteiger partial charge in [-0.05, 0) is 72.4 Å². The summed E-state index contributed by atoms with van der Waals surface area (Å²) < 4.78 is 11.8. The number of thioether (sulfide) groups is 1. The van der Waals surface area contributed by atoms with Crippen molar-refractivity contribution >= 4 is 34.7 Å². The zero-order valence-corrected chi connectivity index (χ0v) is 20.1. The highest BCUT2D eigenvalue weighted by Gasteiger charge is 2.54. The maximum Gasteiger partial charge on any atom is 0.305 e. The topological polar surface area (TPSA) is 51.3 Å². The zero-order chi connectivity index (χ0) is 21.8. The van der Waals surface area contributed by atoms with Gasteiger partial charge in [0.2, 0.25) is 0 Å². The molecule has 2 fully saturated rings. The predicted molar refractivity (Wildman–Crippen MR) is 130 cm³/mol. The van der Waals surface area contributed by atoms with E-state index in [1.807, 2.05) is 42.1 Å². The molecule has 2 aromatic carbocycles. The molecule has 7 heteroatoms. The number of benzene rings is 2. The predicted octanol–water partition coefficient (Wildman–Crippen LogP) is 6.33. The molecule has 0 amide bonds. The molecule has 3 aliphatic rings. The second kappa shape index (κ2) is 8.15. The van der Waals surface area contributed by atoms with Gasteiger partial charge in [0.05, 0.1) is 12.1 Å². The molecule has 5 atom stereocenters. The summed E-state index contributed by atoms with van der Waals surface area (Å²) in [4.78, 5) is 16.6. The number of hydrogen-bond acceptors (Lipinski definition) is 5. The number of methoxy groups -OCH3 is 1. The van der Waals surface area contributed by atoms with Crippen molar-refractivity contribution < 1.29 is 9.47 Å². The number of H-pyrrole nitrogens is 1. The van der Waals surface area contributed by atoms with Gasteiger partial charge in [0.25, 0.3) is 0 Å². The van der Waals surface area contributed by atoms with E-state index in [4.69, 9.17) is 21.1 Å². The first-order valence-electron chi connectivity index (χ1n) is 11.1. The van der Waals surface area contributed by atoms with E-state index in [1.54, 1.807) is 7.11 Å². The molecular formula is C25H24ClNO3S2. The Balaban J connectivity index is 1.34. The molecule has 4 nitrogen and oxygen atoms in total. The molecule has 1 aliphatic heterocycles. The first-order valence-corrected chi connectivity index (χ1v) is 13.1. The van der Waals surface area contributed by atoms with Crippen LogP contribution >= 0.6 is 34.7 Å². The summed E-state index contributed by atoms with van der Waals surface area (Å²) in [5, 5.41) is 2.38. The highest BCUT2D eigenvalue weighted by atomic mass is 35.5. The smallest absolute Gasteiger partial charge is 0.305 e. The minimum absolute atomic E-state index is 0.0493. The number of halogens is 1. The molecule has 166 valence electrons. The van der Waals surface area contributed by atoms with Gasteiger partial charge in [0.1, 0.15) is 6.61 Å². The standard InChI is InChI=1S/C25H24ClNO3S2/c1-29-19-11-15(7-8-18(19)30-12-13-3-2-4-17(26)9-13)21-20-14-5-6-16(10-14)22(20)31-24-23(21)32-25(28)27-24/h2-4,7-9,11,14,16,20-22H,5-6,10,12H2,1H3,(H,27,28)/t14-,16-,20-,21-,22-/m0/s1. The minimum atomic E-state index is 0.0493. The van der Waals surface area contributed by atoms with E-state index < -0.39 is 0 Å². The van der Waals surface area contributed by atoms with Gasteiger partial charge in [-0.15, -0.1) is 11.8 Å². The van der Waals surface area contributed by atoms with Crippen LogP contribution in [0.15, 0.2) is 52.3 Å². The first kappa shape index (κ1) is 20.7. The molecule has 2 saturated carbocycles. The van der Waals surface area contributed by atoms with Crippen molar-refractivity contribution in [3.05, 3.63) is 73.2 Å². The number of hydrogen-bond donors (Lipinski definition) is 1. The van der Waals surface area contributed by atoms with Crippen LogP contribution in [0.4, 0.5) is 0 Å². The molecule has 32 heavy (non-hydrogen) atoms. The molecule has 0 unspecified atom stereocenters. The van der Waals surface area contributed by atoms with Crippen molar-refractivity contribution in [3.63, 3.8) is 0 Å². The molecule has 2 aliphatic carbocycles. The number of thiazole rings is 1. The van der Waals surface area contributed by atoms with Crippen LogP contribution in [0.1, 0.15) is 41.2 Å². The number of aromatic amines is 1. The second-order valence-corrected chi connectivity index (χ2v) is 11.6. The third-order valence-corrected chi connectivity index (χ3v) is 10.2. The van der Waals surface area contributed by atoms with Crippen molar-refractivity contribution in [3.8, 4) is 11.5 Å². The Morgan fingerprint density at radius 3 is 2.84 bits per heavy atom. The Bertz CT molecular complexity index is 1220. The molecule has 1 aromatic heterocycles. The monoisotopic (exact) mass is 485 g/mol. The normalized spacial score (nSPS) is 27.8. The maximum atomic E-state index is 12.2. The van der Waals surface area contributed by atoms with Crippen LogP contribution in [0.3, 0.4) is 0 Å². The molecular weight excluding hydrogens is 462 g/mol. The minimum Gasteiger partial charge on any atom is -0.493 e. The molecule has 2 bridgehead atoms. The lowest BCUT2D eigenvalue weighted by Crippen LogP contribution is -2.33. The van der Waals surface area contributed by atoms with Gasteiger partial charge in [-0.3, -0.25) is 4.79 Å². The fourth-order valence-electron chi connectivity index (χ4n) is 6.01. The van der Waals surface area contributed by atoms with Crippen LogP contribution in [0.25, 0.3) is 0 Å². The lowest BCUT2D eigenvalue weighted by molar-refractivity contribution is 0.282. The van der Waals surface area contributed by atoms with Crippen LogP contribution in [0, 0.1) is 17.8 Å². The lowest BCUT2D eigenvalue weighted by atomic mass is 9.75. The van der Waals surface area contributed by atoms with Crippen LogP contribution in [0.5, 0.6) is 11.5 Å². The van der Waals surface area contributed by atoms with Crippen molar-refractivity contribution in [2.75, 3.05) is 7.11 Å². The van der Waals surface area contributed by atoms with Crippen LogP contribution < -0.4 is 14.3 Å². The summed E-state index contributed by atoms with van der Waals surface area (Å²) in [5.41, 5.74) is 2.23. The summed E-state index contributed by atoms with van der Waals surface area (Å²) in [6.07, 6.45) is 3.97. The molecule has 3 aromatic rings. The van der Waals surface area contributed by atoms with E-state index in [0.717, 1.165) is 28.2 Å². The number of aromatic nitrogens is 1. The van der Waals surface area contributed by atoms with Gasteiger partial charge in [-0.1, -0.05) is 41.1 Å². The van der Waals surface area contributed by atoms with Gasteiger partial charge < -0.3 is 14.5 Å². The summed E-state index contributed by atoms with van der Waals surface area (Å²) in [6, 6.07) is 14.0. The Morgan fingerprint density at radius 2 is 2.00 bits per heavy atom. The van der Waals surface area contributed by atoms with Crippen molar-refractivity contribution in [1.82, 2.24) is 4.98 Å².